The molecule has 92 valence electrons. The van der Waals surface area contributed by atoms with Crippen LogP contribution >= 0.6 is 11.3 Å². The van der Waals surface area contributed by atoms with Crippen molar-refractivity contribution < 1.29 is 0 Å². The zero-order chi connectivity index (χ0) is 13.0. The van der Waals surface area contributed by atoms with Gasteiger partial charge in [0.1, 0.15) is 0 Å². The van der Waals surface area contributed by atoms with Crippen molar-refractivity contribution in [2.75, 3.05) is 5.73 Å². The highest BCUT2D eigenvalue weighted by Gasteiger charge is 2.13. The molecule has 3 aromatic rings. The number of aromatic nitrogens is 1. The van der Waals surface area contributed by atoms with Crippen molar-refractivity contribution in [1.82, 2.24) is 4.98 Å². The molecule has 0 aliphatic heterocycles. The summed E-state index contributed by atoms with van der Waals surface area (Å²) in [7, 11) is 0. The third kappa shape index (κ3) is 1.37. The van der Waals surface area contributed by atoms with Crippen LogP contribution in [0.2, 0.25) is 0 Å². The van der Waals surface area contributed by atoms with Gasteiger partial charge in [0.25, 0.3) is 0 Å². The molecule has 2 aromatic carbocycles. The van der Waals surface area contributed by atoms with E-state index in [1.807, 2.05) is 0 Å². The molecule has 1 aromatic heterocycles. The topological polar surface area (TPSA) is 38.9 Å². The Kier molecular flexibility index (Phi) is 2.35. The van der Waals surface area contributed by atoms with Gasteiger partial charge >= 0.3 is 0 Å². The fraction of sp³-hybridized carbons (Fsp3) is 0.267. The number of nitrogen functional groups attached to an aromatic ring is 1. The molecule has 18 heavy (non-hydrogen) atoms. The summed E-state index contributed by atoms with van der Waals surface area (Å²) in [6.07, 6.45) is 0. The normalized spacial score (nSPS) is 11.6. The van der Waals surface area contributed by atoms with E-state index < -0.39 is 0 Å². The number of rotatable bonds is 0. The molecule has 3 heteroatoms. The highest BCUT2D eigenvalue weighted by atomic mass is 32.1. The molecule has 0 fully saturated rings. The smallest absolute Gasteiger partial charge is 0.181 e. The van der Waals surface area contributed by atoms with E-state index in [9.17, 15) is 0 Å². The van der Waals surface area contributed by atoms with Crippen molar-refractivity contribution in [2.24, 2.45) is 0 Å². The first kappa shape index (κ1) is 11.5. The van der Waals surface area contributed by atoms with Gasteiger partial charge in [0, 0.05) is 5.39 Å². The number of nitrogens with zero attached hydrogens (tertiary/aromatic N) is 1. The number of aryl methyl sites for hydroxylation is 2. The standard InChI is InChI=1S/C15H16N2S/c1-7-8(2)10(4)13-11(9(7)3)5-6-12-14(13)18-15(16)17-12/h5-6H,1-4H3,(H2,16,17). The van der Waals surface area contributed by atoms with Crippen molar-refractivity contribution in [3.8, 4) is 0 Å². The number of nitrogens with two attached hydrogens (primary N) is 1. The fourth-order valence-corrected chi connectivity index (χ4v) is 3.58. The minimum atomic E-state index is 0.646. The quantitative estimate of drug-likeness (QED) is 0.652. The third-order valence-corrected chi connectivity index (χ3v) is 4.96. The molecule has 0 saturated heterocycles. The first-order chi connectivity index (χ1) is 8.50. The molecule has 1 heterocycles. The molecule has 0 bridgehead atoms. The van der Waals surface area contributed by atoms with E-state index in [0.717, 1.165) is 5.52 Å². The van der Waals surface area contributed by atoms with Gasteiger partial charge < -0.3 is 5.73 Å². The Morgan fingerprint density at radius 3 is 2.33 bits per heavy atom. The van der Waals surface area contributed by atoms with Crippen LogP contribution < -0.4 is 5.73 Å². The average molecular weight is 256 g/mol. The van der Waals surface area contributed by atoms with Gasteiger partial charge in [-0.2, -0.15) is 0 Å². The summed E-state index contributed by atoms with van der Waals surface area (Å²) >= 11 is 1.59. The minimum absolute atomic E-state index is 0.646. The van der Waals surface area contributed by atoms with E-state index in [4.69, 9.17) is 5.73 Å². The summed E-state index contributed by atoms with van der Waals surface area (Å²) in [4.78, 5) is 4.38. The molecule has 0 saturated carbocycles. The Balaban J connectivity index is 2.65. The molecule has 2 nitrogen and oxygen atoms in total. The van der Waals surface area contributed by atoms with E-state index in [1.54, 1.807) is 11.3 Å². The summed E-state index contributed by atoms with van der Waals surface area (Å²) < 4.78 is 1.22. The summed E-state index contributed by atoms with van der Waals surface area (Å²) in [5.41, 5.74) is 12.3. The van der Waals surface area contributed by atoms with Gasteiger partial charge in [0.15, 0.2) is 5.13 Å². The first-order valence-electron chi connectivity index (χ1n) is 6.05. The van der Waals surface area contributed by atoms with Crippen LogP contribution in [-0.2, 0) is 0 Å². The lowest BCUT2D eigenvalue weighted by Gasteiger charge is -2.14. The number of benzene rings is 2. The number of fused-ring (bicyclic) bond motifs is 3. The van der Waals surface area contributed by atoms with Crippen LogP contribution in [0.3, 0.4) is 0 Å². The zero-order valence-corrected chi connectivity index (χ0v) is 11.9. The van der Waals surface area contributed by atoms with Gasteiger partial charge in [-0.05, 0) is 61.4 Å². The fourth-order valence-electron chi connectivity index (χ4n) is 2.65. The van der Waals surface area contributed by atoms with Crippen LogP contribution in [0, 0.1) is 27.7 Å². The maximum absolute atomic E-state index is 5.85. The van der Waals surface area contributed by atoms with Crippen LogP contribution in [0.15, 0.2) is 12.1 Å². The summed E-state index contributed by atoms with van der Waals surface area (Å²) in [5, 5.41) is 3.29. The Labute approximate surface area is 110 Å². The maximum atomic E-state index is 5.85. The second-order valence-corrected chi connectivity index (χ2v) is 5.92. The van der Waals surface area contributed by atoms with Crippen molar-refractivity contribution in [2.45, 2.75) is 27.7 Å². The Morgan fingerprint density at radius 2 is 1.61 bits per heavy atom. The molecule has 0 radical (unpaired) electrons. The first-order valence-corrected chi connectivity index (χ1v) is 6.87. The lowest BCUT2D eigenvalue weighted by atomic mass is 9.92. The van der Waals surface area contributed by atoms with E-state index in [1.165, 1.54) is 37.7 Å². The van der Waals surface area contributed by atoms with E-state index in [-0.39, 0.29) is 0 Å². The predicted molar refractivity (Wildman–Crippen MR) is 80.5 cm³/mol. The van der Waals surface area contributed by atoms with Crippen LogP contribution in [-0.4, -0.2) is 4.98 Å². The maximum Gasteiger partial charge on any atom is 0.181 e. The van der Waals surface area contributed by atoms with Crippen LogP contribution in [0.5, 0.6) is 0 Å². The molecule has 0 aliphatic carbocycles. The van der Waals surface area contributed by atoms with Crippen molar-refractivity contribution in [3.63, 3.8) is 0 Å². The number of thiazole rings is 1. The lowest BCUT2D eigenvalue weighted by molar-refractivity contribution is 1.25. The minimum Gasteiger partial charge on any atom is -0.375 e. The molecular formula is C15H16N2S. The monoisotopic (exact) mass is 256 g/mol. The van der Waals surface area contributed by atoms with Crippen molar-refractivity contribution in [3.05, 3.63) is 34.4 Å². The number of hydrogen-bond acceptors (Lipinski definition) is 3. The molecule has 0 aliphatic rings. The summed E-state index contributed by atoms with van der Waals surface area (Å²) in [5.74, 6) is 0. The van der Waals surface area contributed by atoms with Gasteiger partial charge in [0.05, 0.1) is 10.2 Å². The predicted octanol–water partition coefficient (Wildman–Crippen LogP) is 4.27. The molecular weight excluding hydrogens is 240 g/mol. The van der Waals surface area contributed by atoms with Gasteiger partial charge in [0.2, 0.25) is 0 Å². The van der Waals surface area contributed by atoms with Crippen LogP contribution in [0.25, 0.3) is 21.0 Å². The average Bonchev–Trinajstić information content (AvgIpc) is 2.72. The zero-order valence-electron chi connectivity index (χ0n) is 11.1. The Hall–Kier alpha value is -1.61. The van der Waals surface area contributed by atoms with Gasteiger partial charge in [-0.3, -0.25) is 0 Å². The van der Waals surface area contributed by atoms with E-state index >= 15 is 0 Å². The lowest BCUT2D eigenvalue weighted by Crippen LogP contribution is -1.93. The SMILES string of the molecule is Cc1c(C)c(C)c2c(ccc3nc(N)sc32)c1C. The number of hydrogen-bond donors (Lipinski definition) is 1. The molecule has 0 spiro atoms. The third-order valence-electron chi connectivity index (χ3n) is 4.04. The second-order valence-electron chi connectivity index (χ2n) is 4.89. The van der Waals surface area contributed by atoms with Crippen molar-refractivity contribution in [1.29, 1.82) is 0 Å². The molecule has 0 atom stereocenters. The molecule has 3 rings (SSSR count). The van der Waals surface area contributed by atoms with Crippen LogP contribution in [0.1, 0.15) is 22.3 Å². The second kappa shape index (κ2) is 3.69. The Bertz CT molecular complexity index is 784. The molecule has 0 unspecified atom stereocenters. The largest absolute Gasteiger partial charge is 0.375 e. The highest BCUT2D eigenvalue weighted by Crippen LogP contribution is 2.37. The highest BCUT2D eigenvalue weighted by molar-refractivity contribution is 7.23. The van der Waals surface area contributed by atoms with E-state index in [2.05, 4.69) is 44.8 Å². The van der Waals surface area contributed by atoms with E-state index in [0.29, 0.717) is 5.13 Å². The molecule has 2 N–H and O–H groups in total. The van der Waals surface area contributed by atoms with Crippen molar-refractivity contribution >= 4 is 37.5 Å². The van der Waals surface area contributed by atoms with Crippen LogP contribution in [0.4, 0.5) is 5.13 Å². The van der Waals surface area contributed by atoms with Gasteiger partial charge in [-0.15, -0.1) is 0 Å². The Morgan fingerprint density at radius 1 is 0.944 bits per heavy atom. The van der Waals surface area contributed by atoms with Gasteiger partial charge in [-0.25, -0.2) is 4.98 Å². The summed E-state index contributed by atoms with van der Waals surface area (Å²) in [6, 6.07) is 4.25. The summed E-state index contributed by atoms with van der Waals surface area (Å²) in [6.45, 7) is 8.78. The number of anilines is 1. The van der Waals surface area contributed by atoms with Gasteiger partial charge in [-0.1, -0.05) is 17.4 Å². The molecule has 0 amide bonds.